The molecule has 1 aromatic heterocycles. The summed E-state index contributed by atoms with van der Waals surface area (Å²) < 4.78 is 1.75. The van der Waals surface area contributed by atoms with Crippen molar-refractivity contribution in [3.8, 4) is 11.9 Å². The highest BCUT2D eigenvalue weighted by Crippen LogP contribution is 2.40. The number of aryl methyl sites for hydroxylation is 1. The van der Waals surface area contributed by atoms with Gasteiger partial charge in [-0.15, -0.1) is 0 Å². The van der Waals surface area contributed by atoms with E-state index in [1.165, 1.54) is 18.4 Å². The molecular weight excluding hydrogens is 410 g/mol. The highest BCUT2D eigenvalue weighted by Gasteiger charge is 2.24. The molecule has 1 aliphatic rings. The average Bonchev–Trinajstić information content (AvgIpc) is 3.68. The second kappa shape index (κ2) is 10.0. The van der Waals surface area contributed by atoms with Gasteiger partial charge in [0.05, 0.1) is 23.2 Å². The van der Waals surface area contributed by atoms with Crippen LogP contribution in [0.3, 0.4) is 0 Å². The molecule has 0 aliphatic heterocycles. The van der Waals surface area contributed by atoms with E-state index in [1.807, 2.05) is 25.1 Å². The molecule has 0 saturated heterocycles. The van der Waals surface area contributed by atoms with Crippen LogP contribution in [0.25, 0.3) is 0 Å². The van der Waals surface area contributed by atoms with Crippen molar-refractivity contribution >= 4 is 0 Å². The number of aromatic hydroxyl groups is 1. The largest absolute Gasteiger partial charge is 0.493 e. The summed E-state index contributed by atoms with van der Waals surface area (Å²) >= 11 is 0. The fourth-order valence-corrected chi connectivity index (χ4v) is 4.50. The number of nitrogens with zero attached hydrogens (tertiary/aromatic N) is 3. The first-order valence-corrected chi connectivity index (χ1v) is 12.0. The van der Waals surface area contributed by atoms with Crippen LogP contribution in [0.15, 0.2) is 53.3 Å². The number of hydrogen-bond acceptors (Lipinski definition) is 4. The Hall–Kier alpha value is -3.39. The number of hydrogen-bond donors (Lipinski definition) is 1. The van der Waals surface area contributed by atoms with Gasteiger partial charge in [-0.2, -0.15) is 10.2 Å². The van der Waals surface area contributed by atoms with Gasteiger partial charge in [0.2, 0.25) is 5.88 Å². The van der Waals surface area contributed by atoms with Crippen molar-refractivity contribution < 1.29 is 5.11 Å². The molecule has 0 amide bonds. The molecule has 1 unspecified atom stereocenters. The zero-order valence-corrected chi connectivity index (χ0v) is 19.4. The molecule has 0 bridgehead atoms. The van der Waals surface area contributed by atoms with Crippen LogP contribution in [0.5, 0.6) is 5.88 Å². The second-order valence-electron chi connectivity index (χ2n) is 8.96. The lowest BCUT2D eigenvalue weighted by Gasteiger charge is -2.23. The Morgan fingerprint density at radius 3 is 2.58 bits per heavy atom. The number of nitriles is 1. The van der Waals surface area contributed by atoms with Crippen molar-refractivity contribution in [2.45, 2.75) is 70.8 Å². The fourth-order valence-electron chi connectivity index (χ4n) is 4.50. The van der Waals surface area contributed by atoms with Crippen LogP contribution in [-0.4, -0.2) is 14.7 Å². The molecule has 5 nitrogen and oxygen atoms in total. The summed E-state index contributed by atoms with van der Waals surface area (Å²) in [5, 5.41) is 20.1. The maximum absolute atomic E-state index is 13.8. The van der Waals surface area contributed by atoms with E-state index in [2.05, 4.69) is 42.2 Å². The number of aromatic nitrogens is 2. The lowest BCUT2D eigenvalue weighted by Crippen LogP contribution is -2.32. The van der Waals surface area contributed by atoms with Crippen molar-refractivity contribution in [2.75, 3.05) is 0 Å². The fraction of sp³-hybridized carbons (Fsp3) is 0.393. The Morgan fingerprint density at radius 2 is 1.94 bits per heavy atom. The van der Waals surface area contributed by atoms with Crippen molar-refractivity contribution in [2.24, 2.45) is 0 Å². The van der Waals surface area contributed by atoms with E-state index < -0.39 is 0 Å². The molecule has 1 atom stereocenters. The molecule has 5 heteroatoms. The van der Waals surface area contributed by atoms with E-state index >= 15 is 0 Å². The van der Waals surface area contributed by atoms with Crippen molar-refractivity contribution in [3.05, 3.63) is 92.5 Å². The zero-order chi connectivity index (χ0) is 23.4. The van der Waals surface area contributed by atoms with Gasteiger partial charge >= 0.3 is 0 Å². The van der Waals surface area contributed by atoms with Crippen molar-refractivity contribution in [1.82, 2.24) is 9.55 Å². The first kappa shape index (κ1) is 22.8. The summed E-state index contributed by atoms with van der Waals surface area (Å²) in [6.07, 6.45) is 5.97. The van der Waals surface area contributed by atoms with Gasteiger partial charge in [-0.05, 0) is 60.4 Å². The van der Waals surface area contributed by atoms with Crippen LogP contribution < -0.4 is 5.56 Å². The lowest BCUT2D eigenvalue weighted by molar-refractivity contribution is 0.420. The zero-order valence-electron chi connectivity index (χ0n) is 19.4. The quantitative estimate of drug-likeness (QED) is 0.467. The van der Waals surface area contributed by atoms with Crippen LogP contribution in [-0.2, 0) is 12.8 Å². The maximum Gasteiger partial charge on any atom is 0.261 e. The Morgan fingerprint density at radius 1 is 1.18 bits per heavy atom. The number of unbranched alkanes of at least 4 members (excludes halogenated alkanes) is 1. The number of benzene rings is 2. The summed E-state index contributed by atoms with van der Waals surface area (Å²) in [7, 11) is 0. The molecule has 0 spiro atoms. The average molecular weight is 442 g/mol. The molecule has 1 N–H and O–H groups in total. The standard InChI is InChI=1S/C28H31N3O2/c1-3-5-9-26-30-27(32)24(17-19-10-12-21(13-11-19)22-14-15-22)28(33)31(26)25(4-2)23-8-6-7-20(16-23)18-29/h6-8,10-13,16,22,25,32H,3-5,9,14-15,17H2,1-2H3. The highest BCUT2D eigenvalue weighted by atomic mass is 16.3. The van der Waals surface area contributed by atoms with E-state index in [1.54, 1.807) is 10.6 Å². The lowest BCUT2D eigenvalue weighted by atomic mass is 10.00. The maximum atomic E-state index is 13.8. The van der Waals surface area contributed by atoms with E-state index in [0.29, 0.717) is 42.1 Å². The van der Waals surface area contributed by atoms with E-state index in [9.17, 15) is 15.2 Å². The Kier molecular flexibility index (Phi) is 6.93. The minimum absolute atomic E-state index is 0.172. The third kappa shape index (κ3) is 5.01. The topological polar surface area (TPSA) is 78.9 Å². The molecule has 170 valence electrons. The van der Waals surface area contributed by atoms with Crippen LogP contribution in [0.2, 0.25) is 0 Å². The Bertz CT molecular complexity index is 1220. The summed E-state index contributed by atoms with van der Waals surface area (Å²) in [6, 6.07) is 17.7. The van der Waals surface area contributed by atoms with Gasteiger partial charge in [-0.3, -0.25) is 9.36 Å². The van der Waals surface area contributed by atoms with E-state index in [4.69, 9.17) is 0 Å². The molecule has 3 aromatic rings. The summed E-state index contributed by atoms with van der Waals surface area (Å²) in [6.45, 7) is 4.12. The first-order chi connectivity index (χ1) is 16.0. The normalized spacial score (nSPS) is 14.1. The Balaban J connectivity index is 1.77. The van der Waals surface area contributed by atoms with Gasteiger partial charge in [0, 0.05) is 12.8 Å². The molecule has 2 aromatic carbocycles. The van der Waals surface area contributed by atoms with Gasteiger partial charge in [0.15, 0.2) is 0 Å². The Labute approximate surface area is 195 Å². The van der Waals surface area contributed by atoms with E-state index in [0.717, 1.165) is 24.0 Å². The van der Waals surface area contributed by atoms with Crippen LogP contribution in [0, 0.1) is 11.3 Å². The smallest absolute Gasteiger partial charge is 0.261 e. The predicted octanol–water partition coefficient (Wildman–Crippen LogP) is 5.63. The van der Waals surface area contributed by atoms with E-state index in [-0.39, 0.29) is 17.5 Å². The highest BCUT2D eigenvalue weighted by molar-refractivity contribution is 5.37. The van der Waals surface area contributed by atoms with Crippen LogP contribution in [0.1, 0.15) is 91.6 Å². The van der Waals surface area contributed by atoms with Crippen LogP contribution in [0.4, 0.5) is 0 Å². The van der Waals surface area contributed by atoms with Gasteiger partial charge in [-0.1, -0.05) is 56.7 Å². The van der Waals surface area contributed by atoms with Crippen molar-refractivity contribution in [1.29, 1.82) is 5.26 Å². The first-order valence-electron chi connectivity index (χ1n) is 12.0. The molecule has 0 radical (unpaired) electrons. The monoisotopic (exact) mass is 441 g/mol. The molecule has 1 aliphatic carbocycles. The minimum Gasteiger partial charge on any atom is -0.493 e. The molecule has 1 heterocycles. The van der Waals surface area contributed by atoms with Gasteiger partial charge in [0.1, 0.15) is 5.82 Å². The summed E-state index contributed by atoms with van der Waals surface area (Å²) in [5.41, 5.74) is 3.93. The third-order valence-electron chi connectivity index (χ3n) is 6.52. The molecule has 4 rings (SSSR count). The SMILES string of the molecule is CCCCc1nc(O)c(Cc2ccc(C3CC3)cc2)c(=O)n1C(CC)c1cccc(C#N)c1. The summed E-state index contributed by atoms with van der Waals surface area (Å²) in [4.78, 5) is 18.3. The number of rotatable bonds is 9. The van der Waals surface area contributed by atoms with Gasteiger partial charge in [-0.25, -0.2) is 0 Å². The van der Waals surface area contributed by atoms with Gasteiger partial charge < -0.3 is 5.11 Å². The molecule has 33 heavy (non-hydrogen) atoms. The molecule has 1 saturated carbocycles. The second-order valence-corrected chi connectivity index (χ2v) is 8.96. The van der Waals surface area contributed by atoms with Gasteiger partial charge in [0.25, 0.3) is 5.56 Å². The molecular formula is C28H31N3O2. The molecule has 1 fully saturated rings. The minimum atomic E-state index is -0.248. The predicted molar refractivity (Wildman–Crippen MR) is 130 cm³/mol. The van der Waals surface area contributed by atoms with Crippen LogP contribution >= 0.6 is 0 Å². The van der Waals surface area contributed by atoms with Crippen molar-refractivity contribution in [3.63, 3.8) is 0 Å². The summed E-state index contributed by atoms with van der Waals surface area (Å²) in [5.74, 6) is 1.11. The third-order valence-corrected chi connectivity index (χ3v) is 6.52.